The number of ether oxygens (including phenoxy) is 1. The van der Waals surface area contributed by atoms with Gasteiger partial charge in [0.15, 0.2) is 0 Å². The summed E-state index contributed by atoms with van der Waals surface area (Å²) in [6.07, 6.45) is 0. The molecule has 23 heavy (non-hydrogen) atoms. The second kappa shape index (κ2) is 6.92. The van der Waals surface area contributed by atoms with E-state index in [0.29, 0.717) is 6.54 Å². The molecule has 0 bridgehead atoms. The highest BCUT2D eigenvalue weighted by Gasteiger charge is 2.39. The predicted molar refractivity (Wildman–Crippen MR) is 86.4 cm³/mol. The first-order valence-corrected chi connectivity index (χ1v) is 7.77. The van der Waals surface area contributed by atoms with Crippen molar-refractivity contribution in [3.63, 3.8) is 0 Å². The number of carbonyl (C=O) groups is 1. The number of benzene rings is 2. The van der Waals surface area contributed by atoms with Gasteiger partial charge in [-0.15, -0.1) is 0 Å². The number of rotatable bonds is 4. The molecule has 2 aromatic carbocycles. The van der Waals surface area contributed by atoms with Crippen LogP contribution in [-0.2, 0) is 16.1 Å². The van der Waals surface area contributed by atoms with E-state index in [-0.39, 0.29) is 23.6 Å². The van der Waals surface area contributed by atoms with Crippen LogP contribution in [0, 0.1) is 11.7 Å². The van der Waals surface area contributed by atoms with E-state index < -0.39 is 0 Å². The zero-order valence-electron chi connectivity index (χ0n) is 13.1. The van der Waals surface area contributed by atoms with E-state index in [1.165, 1.54) is 24.8 Å². The highest BCUT2D eigenvalue weighted by molar-refractivity contribution is 5.74. The molecule has 0 saturated carbocycles. The van der Waals surface area contributed by atoms with Gasteiger partial charge in [-0.2, -0.15) is 0 Å². The summed E-state index contributed by atoms with van der Waals surface area (Å²) in [6.45, 7) is 2.13. The molecule has 0 aromatic heterocycles. The molecule has 1 fully saturated rings. The lowest BCUT2D eigenvalue weighted by molar-refractivity contribution is -0.145. The zero-order valence-corrected chi connectivity index (χ0v) is 13.1. The predicted octanol–water partition coefficient (Wildman–Crippen LogP) is 3.21. The molecule has 0 spiro atoms. The monoisotopic (exact) mass is 313 g/mol. The van der Waals surface area contributed by atoms with E-state index in [0.717, 1.165) is 18.7 Å². The average molecular weight is 313 g/mol. The van der Waals surface area contributed by atoms with Gasteiger partial charge in [0.25, 0.3) is 0 Å². The van der Waals surface area contributed by atoms with E-state index in [9.17, 15) is 9.18 Å². The van der Waals surface area contributed by atoms with Crippen LogP contribution < -0.4 is 0 Å². The van der Waals surface area contributed by atoms with Crippen LogP contribution in [0.4, 0.5) is 4.39 Å². The molecule has 1 aliphatic rings. The van der Waals surface area contributed by atoms with Crippen LogP contribution in [0.1, 0.15) is 17.0 Å². The molecule has 0 N–H and O–H groups in total. The van der Waals surface area contributed by atoms with Gasteiger partial charge in [-0.1, -0.05) is 42.5 Å². The van der Waals surface area contributed by atoms with Gasteiger partial charge in [0.2, 0.25) is 0 Å². The summed E-state index contributed by atoms with van der Waals surface area (Å²) in [5.41, 5.74) is 2.06. The van der Waals surface area contributed by atoms with Crippen LogP contribution in [-0.4, -0.2) is 31.1 Å². The third-order valence-corrected chi connectivity index (χ3v) is 4.43. The minimum Gasteiger partial charge on any atom is -0.469 e. The lowest BCUT2D eigenvalue weighted by Crippen LogP contribution is -2.24. The third-order valence-electron chi connectivity index (χ3n) is 4.43. The van der Waals surface area contributed by atoms with Gasteiger partial charge in [0.05, 0.1) is 13.0 Å². The Morgan fingerprint density at radius 3 is 2.65 bits per heavy atom. The molecule has 0 amide bonds. The van der Waals surface area contributed by atoms with Crippen molar-refractivity contribution >= 4 is 5.97 Å². The lowest BCUT2D eigenvalue weighted by atomic mass is 9.89. The molecule has 2 atom stereocenters. The van der Waals surface area contributed by atoms with Crippen LogP contribution in [0.3, 0.4) is 0 Å². The van der Waals surface area contributed by atoms with Crippen molar-refractivity contribution < 1.29 is 13.9 Å². The fourth-order valence-electron chi connectivity index (χ4n) is 3.32. The molecular formula is C19H20FNO2. The van der Waals surface area contributed by atoms with Crippen LogP contribution in [0.2, 0.25) is 0 Å². The van der Waals surface area contributed by atoms with Gasteiger partial charge in [-0.3, -0.25) is 9.69 Å². The number of esters is 1. The first-order chi connectivity index (χ1) is 11.2. The largest absolute Gasteiger partial charge is 0.469 e. The summed E-state index contributed by atoms with van der Waals surface area (Å²) in [7, 11) is 1.41. The summed E-state index contributed by atoms with van der Waals surface area (Å²) >= 11 is 0. The Balaban J connectivity index is 1.81. The molecule has 0 unspecified atom stereocenters. The molecule has 0 aliphatic carbocycles. The summed E-state index contributed by atoms with van der Waals surface area (Å²) in [5.74, 6) is -0.796. The van der Waals surface area contributed by atoms with Crippen molar-refractivity contribution in [1.29, 1.82) is 0 Å². The van der Waals surface area contributed by atoms with Gasteiger partial charge in [-0.25, -0.2) is 4.39 Å². The molecular weight excluding hydrogens is 293 g/mol. The van der Waals surface area contributed by atoms with Crippen LogP contribution in [0.25, 0.3) is 0 Å². The molecule has 3 nitrogen and oxygen atoms in total. The average Bonchev–Trinajstić information content (AvgIpc) is 2.99. The smallest absolute Gasteiger partial charge is 0.310 e. The Labute approximate surface area is 135 Å². The number of likely N-dealkylation sites (tertiary alicyclic amines) is 1. The molecule has 1 heterocycles. The Bertz CT molecular complexity index is 674. The maximum Gasteiger partial charge on any atom is 0.310 e. The van der Waals surface area contributed by atoms with Gasteiger partial charge in [0.1, 0.15) is 5.82 Å². The first kappa shape index (κ1) is 15.7. The normalized spacial score (nSPS) is 21.3. The van der Waals surface area contributed by atoms with E-state index in [1.807, 2.05) is 24.3 Å². The Morgan fingerprint density at radius 2 is 1.96 bits per heavy atom. The zero-order chi connectivity index (χ0) is 16.2. The Morgan fingerprint density at radius 1 is 1.17 bits per heavy atom. The van der Waals surface area contributed by atoms with Crippen molar-refractivity contribution in [3.8, 4) is 0 Å². The minimum atomic E-state index is -0.271. The molecule has 4 heteroatoms. The summed E-state index contributed by atoms with van der Waals surface area (Å²) in [4.78, 5) is 14.4. The highest BCUT2D eigenvalue weighted by Crippen LogP contribution is 2.34. The fraction of sp³-hybridized carbons (Fsp3) is 0.316. The topological polar surface area (TPSA) is 29.5 Å². The van der Waals surface area contributed by atoms with Crippen molar-refractivity contribution in [1.82, 2.24) is 4.90 Å². The molecule has 2 aromatic rings. The van der Waals surface area contributed by atoms with Gasteiger partial charge in [0, 0.05) is 25.6 Å². The third kappa shape index (κ3) is 3.59. The van der Waals surface area contributed by atoms with E-state index in [2.05, 4.69) is 17.0 Å². The van der Waals surface area contributed by atoms with Gasteiger partial charge >= 0.3 is 5.97 Å². The lowest BCUT2D eigenvalue weighted by Gasteiger charge is -2.16. The number of hydrogen-bond donors (Lipinski definition) is 0. The first-order valence-electron chi connectivity index (χ1n) is 7.77. The van der Waals surface area contributed by atoms with Gasteiger partial charge in [-0.05, 0) is 23.3 Å². The molecule has 0 radical (unpaired) electrons. The summed E-state index contributed by atoms with van der Waals surface area (Å²) < 4.78 is 18.5. The highest BCUT2D eigenvalue weighted by atomic mass is 19.1. The minimum absolute atomic E-state index is 0.0399. The van der Waals surface area contributed by atoms with Crippen LogP contribution in [0.15, 0.2) is 54.6 Å². The number of hydrogen-bond acceptors (Lipinski definition) is 3. The SMILES string of the molecule is COC(=O)[C@H]1CN(Cc2ccccc2)C[C@H]1c1cccc(F)c1. The quantitative estimate of drug-likeness (QED) is 0.812. The summed E-state index contributed by atoms with van der Waals surface area (Å²) in [6, 6.07) is 16.7. The van der Waals surface area contributed by atoms with E-state index in [4.69, 9.17) is 4.74 Å². The second-order valence-corrected chi connectivity index (χ2v) is 5.97. The molecule has 3 rings (SSSR count). The van der Waals surface area contributed by atoms with Crippen LogP contribution >= 0.6 is 0 Å². The van der Waals surface area contributed by atoms with Crippen LogP contribution in [0.5, 0.6) is 0 Å². The number of nitrogens with zero attached hydrogens (tertiary/aromatic N) is 1. The van der Waals surface area contributed by atoms with E-state index >= 15 is 0 Å². The fourth-order valence-corrected chi connectivity index (χ4v) is 3.32. The molecule has 120 valence electrons. The van der Waals surface area contributed by atoms with E-state index in [1.54, 1.807) is 6.07 Å². The number of methoxy groups -OCH3 is 1. The number of carbonyl (C=O) groups excluding carboxylic acids is 1. The van der Waals surface area contributed by atoms with Crippen molar-refractivity contribution in [3.05, 3.63) is 71.5 Å². The Hall–Kier alpha value is -2.20. The van der Waals surface area contributed by atoms with Crippen molar-refractivity contribution in [2.24, 2.45) is 5.92 Å². The maximum atomic E-state index is 13.5. The number of halogens is 1. The molecule has 1 aliphatic heterocycles. The van der Waals surface area contributed by atoms with Crippen molar-refractivity contribution in [2.45, 2.75) is 12.5 Å². The molecule has 1 saturated heterocycles. The van der Waals surface area contributed by atoms with Gasteiger partial charge < -0.3 is 4.74 Å². The second-order valence-electron chi connectivity index (χ2n) is 5.97. The Kier molecular flexibility index (Phi) is 4.72. The summed E-state index contributed by atoms with van der Waals surface area (Å²) in [5, 5.41) is 0. The van der Waals surface area contributed by atoms with Crippen molar-refractivity contribution in [2.75, 3.05) is 20.2 Å². The maximum absolute atomic E-state index is 13.5. The standard InChI is InChI=1S/C19H20FNO2/c1-23-19(22)18-13-21(11-14-6-3-2-4-7-14)12-17(18)15-8-5-9-16(20)10-15/h2-10,17-18H,11-13H2,1H3/t17-,18-/m0/s1.